The van der Waals surface area contributed by atoms with Gasteiger partial charge in [0.05, 0.1) is 0 Å². The summed E-state index contributed by atoms with van der Waals surface area (Å²) in [7, 11) is 0. The van der Waals surface area contributed by atoms with Crippen LogP contribution in [0.1, 0.15) is 19.3 Å². The van der Waals surface area contributed by atoms with Crippen LogP contribution in [-0.4, -0.2) is 29.3 Å². The van der Waals surface area contributed by atoms with Crippen molar-refractivity contribution in [2.45, 2.75) is 25.3 Å². The predicted molar refractivity (Wildman–Crippen MR) is 49.7 cm³/mol. The SMILES string of the molecule is NC(CCO)C1CCCSC1. The molecule has 0 bridgehead atoms. The van der Waals surface area contributed by atoms with Gasteiger partial charge in [0, 0.05) is 12.6 Å². The molecule has 11 heavy (non-hydrogen) atoms. The van der Waals surface area contributed by atoms with Crippen molar-refractivity contribution in [1.29, 1.82) is 0 Å². The summed E-state index contributed by atoms with van der Waals surface area (Å²) in [6, 6.07) is 0.229. The first kappa shape index (κ1) is 9.36. The fourth-order valence-electron chi connectivity index (χ4n) is 1.49. The molecule has 2 nitrogen and oxygen atoms in total. The summed E-state index contributed by atoms with van der Waals surface area (Å²) < 4.78 is 0. The summed E-state index contributed by atoms with van der Waals surface area (Å²) in [6.07, 6.45) is 3.33. The molecule has 0 aromatic rings. The maximum atomic E-state index is 8.68. The fourth-order valence-corrected chi connectivity index (χ4v) is 2.74. The number of aliphatic hydroxyl groups excluding tert-OH is 1. The van der Waals surface area contributed by atoms with Crippen LogP contribution in [-0.2, 0) is 0 Å². The largest absolute Gasteiger partial charge is 0.396 e. The lowest BCUT2D eigenvalue weighted by atomic mass is 9.95. The molecule has 1 saturated heterocycles. The molecular formula is C8H17NOS. The lowest BCUT2D eigenvalue weighted by Gasteiger charge is -2.26. The van der Waals surface area contributed by atoms with Gasteiger partial charge in [-0.3, -0.25) is 0 Å². The quantitative estimate of drug-likeness (QED) is 0.668. The molecule has 66 valence electrons. The van der Waals surface area contributed by atoms with Crippen molar-refractivity contribution in [3.63, 3.8) is 0 Å². The van der Waals surface area contributed by atoms with Crippen LogP contribution in [0, 0.1) is 5.92 Å². The van der Waals surface area contributed by atoms with E-state index in [-0.39, 0.29) is 12.6 Å². The molecule has 0 saturated carbocycles. The van der Waals surface area contributed by atoms with E-state index in [1.54, 1.807) is 0 Å². The van der Waals surface area contributed by atoms with Crippen LogP contribution in [0.15, 0.2) is 0 Å². The summed E-state index contributed by atoms with van der Waals surface area (Å²) >= 11 is 2.00. The Hall–Kier alpha value is 0.270. The summed E-state index contributed by atoms with van der Waals surface area (Å²) in [4.78, 5) is 0. The lowest BCUT2D eigenvalue weighted by molar-refractivity contribution is 0.255. The van der Waals surface area contributed by atoms with Gasteiger partial charge in [-0.1, -0.05) is 0 Å². The Labute approximate surface area is 72.5 Å². The Morgan fingerprint density at radius 2 is 2.45 bits per heavy atom. The lowest BCUT2D eigenvalue weighted by Crippen LogP contribution is -2.34. The van der Waals surface area contributed by atoms with E-state index in [1.807, 2.05) is 11.8 Å². The van der Waals surface area contributed by atoms with Gasteiger partial charge >= 0.3 is 0 Å². The third-order valence-corrected chi connectivity index (χ3v) is 3.50. The molecule has 1 fully saturated rings. The van der Waals surface area contributed by atoms with E-state index < -0.39 is 0 Å². The van der Waals surface area contributed by atoms with Crippen molar-refractivity contribution in [3.05, 3.63) is 0 Å². The summed E-state index contributed by atoms with van der Waals surface area (Å²) in [5, 5.41) is 8.68. The second kappa shape index (κ2) is 5.01. The van der Waals surface area contributed by atoms with Crippen molar-refractivity contribution in [2.75, 3.05) is 18.1 Å². The third kappa shape index (κ3) is 3.01. The van der Waals surface area contributed by atoms with Gasteiger partial charge in [0.25, 0.3) is 0 Å². The van der Waals surface area contributed by atoms with E-state index in [1.165, 1.54) is 24.3 Å². The van der Waals surface area contributed by atoms with Crippen LogP contribution >= 0.6 is 11.8 Å². The van der Waals surface area contributed by atoms with E-state index in [2.05, 4.69) is 0 Å². The maximum absolute atomic E-state index is 8.68. The molecule has 0 radical (unpaired) electrons. The van der Waals surface area contributed by atoms with Crippen LogP contribution < -0.4 is 5.73 Å². The summed E-state index contributed by atoms with van der Waals surface area (Å²) in [5.41, 5.74) is 5.89. The third-order valence-electron chi connectivity index (χ3n) is 2.26. The van der Waals surface area contributed by atoms with Gasteiger partial charge in [-0.15, -0.1) is 0 Å². The van der Waals surface area contributed by atoms with Crippen molar-refractivity contribution in [1.82, 2.24) is 0 Å². The van der Waals surface area contributed by atoms with Gasteiger partial charge in [-0.2, -0.15) is 11.8 Å². The normalized spacial score (nSPS) is 28.4. The van der Waals surface area contributed by atoms with Crippen LogP contribution in [0.5, 0.6) is 0 Å². The van der Waals surface area contributed by atoms with E-state index in [0.29, 0.717) is 5.92 Å². The number of hydrogen-bond donors (Lipinski definition) is 2. The van der Waals surface area contributed by atoms with Crippen LogP contribution in [0.2, 0.25) is 0 Å². The van der Waals surface area contributed by atoms with Gasteiger partial charge < -0.3 is 10.8 Å². The zero-order valence-electron chi connectivity index (χ0n) is 6.83. The smallest absolute Gasteiger partial charge is 0.0445 e. The fraction of sp³-hybridized carbons (Fsp3) is 1.00. The van der Waals surface area contributed by atoms with E-state index in [0.717, 1.165) is 6.42 Å². The summed E-state index contributed by atoms with van der Waals surface area (Å²) in [6.45, 7) is 0.238. The minimum absolute atomic E-state index is 0.229. The first-order chi connectivity index (χ1) is 5.34. The number of rotatable bonds is 3. The van der Waals surface area contributed by atoms with Crippen molar-refractivity contribution >= 4 is 11.8 Å². The average Bonchev–Trinajstić information content (AvgIpc) is 2.07. The molecule has 3 N–H and O–H groups in total. The molecule has 0 aliphatic carbocycles. The monoisotopic (exact) mass is 175 g/mol. The summed E-state index contributed by atoms with van der Waals surface area (Å²) in [5.74, 6) is 3.14. The molecule has 2 unspecified atom stereocenters. The second-order valence-electron chi connectivity index (χ2n) is 3.15. The first-order valence-electron chi connectivity index (χ1n) is 4.28. The zero-order valence-corrected chi connectivity index (χ0v) is 7.65. The van der Waals surface area contributed by atoms with Crippen LogP contribution in [0.3, 0.4) is 0 Å². The van der Waals surface area contributed by atoms with Gasteiger partial charge in [0.1, 0.15) is 0 Å². The predicted octanol–water partition coefficient (Wildman–Crippen LogP) is 0.839. The maximum Gasteiger partial charge on any atom is 0.0445 e. The van der Waals surface area contributed by atoms with Gasteiger partial charge in [-0.05, 0) is 36.7 Å². The zero-order chi connectivity index (χ0) is 8.10. The number of aliphatic hydroxyl groups is 1. The molecule has 1 heterocycles. The average molecular weight is 175 g/mol. The molecule has 1 rings (SSSR count). The Bertz CT molecular complexity index is 104. The Balaban J connectivity index is 2.21. The second-order valence-corrected chi connectivity index (χ2v) is 4.30. The van der Waals surface area contributed by atoms with Crippen molar-refractivity contribution < 1.29 is 5.11 Å². The topological polar surface area (TPSA) is 46.2 Å². The molecule has 0 spiro atoms. The van der Waals surface area contributed by atoms with Crippen LogP contribution in [0.25, 0.3) is 0 Å². The molecule has 3 heteroatoms. The Morgan fingerprint density at radius 1 is 1.64 bits per heavy atom. The minimum atomic E-state index is 0.229. The van der Waals surface area contributed by atoms with E-state index >= 15 is 0 Å². The van der Waals surface area contributed by atoms with E-state index in [4.69, 9.17) is 10.8 Å². The molecule has 0 amide bonds. The van der Waals surface area contributed by atoms with Gasteiger partial charge in [0.2, 0.25) is 0 Å². The highest BCUT2D eigenvalue weighted by molar-refractivity contribution is 7.99. The molecule has 2 atom stereocenters. The molecule has 1 aliphatic heterocycles. The van der Waals surface area contributed by atoms with Gasteiger partial charge in [-0.25, -0.2) is 0 Å². The van der Waals surface area contributed by atoms with Gasteiger partial charge in [0.15, 0.2) is 0 Å². The molecule has 0 aromatic carbocycles. The highest BCUT2D eigenvalue weighted by Gasteiger charge is 2.19. The molecular weight excluding hydrogens is 158 g/mol. The highest BCUT2D eigenvalue weighted by atomic mass is 32.2. The van der Waals surface area contributed by atoms with E-state index in [9.17, 15) is 0 Å². The van der Waals surface area contributed by atoms with Crippen molar-refractivity contribution in [3.8, 4) is 0 Å². The highest BCUT2D eigenvalue weighted by Crippen LogP contribution is 2.25. The number of nitrogens with two attached hydrogens (primary N) is 1. The number of hydrogen-bond acceptors (Lipinski definition) is 3. The minimum Gasteiger partial charge on any atom is -0.396 e. The Kier molecular flexibility index (Phi) is 4.26. The van der Waals surface area contributed by atoms with Crippen molar-refractivity contribution in [2.24, 2.45) is 11.7 Å². The van der Waals surface area contributed by atoms with Crippen LogP contribution in [0.4, 0.5) is 0 Å². The molecule has 0 aromatic heterocycles. The first-order valence-corrected chi connectivity index (χ1v) is 5.44. The Morgan fingerprint density at radius 3 is 3.00 bits per heavy atom. The number of thioether (sulfide) groups is 1. The molecule has 1 aliphatic rings. The standard InChI is InChI=1S/C8H17NOS/c9-8(3-4-10)7-2-1-5-11-6-7/h7-8,10H,1-6,9H2.